The number of carbonyl (C=O) groups excluding carboxylic acids is 2. The summed E-state index contributed by atoms with van der Waals surface area (Å²) in [5.41, 5.74) is 3.09. The number of carbonyl (C=O) groups is 2. The number of amides is 1. The van der Waals surface area contributed by atoms with Gasteiger partial charge in [-0.05, 0) is 48.1 Å². The molecule has 31 heavy (non-hydrogen) atoms. The highest BCUT2D eigenvalue weighted by Gasteiger charge is 2.47. The minimum atomic E-state index is -0.467. The summed E-state index contributed by atoms with van der Waals surface area (Å²) < 4.78 is 5.86. The lowest BCUT2D eigenvalue weighted by molar-refractivity contribution is -0.124. The summed E-state index contributed by atoms with van der Waals surface area (Å²) in [5, 5.41) is 0. The molecule has 5 heteroatoms. The number of Topliss-reactive ketones (excluding diaryl/α,β-unsaturated/α-hetero) is 1. The Labute approximate surface area is 184 Å². The number of aliphatic imine (C=N–C) groups is 1. The zero-order chi connectivity index (χ0) is 22.2. The molecule has 1 amide bonds. The smallest absolute Gasteiger partial charge is 0.224 e. The molecule has 2 aromatic rings. The van der Waals surface area contributed by atoms with Crippen LogP contribution in [0.2, 0.25) is 0 Å². The molecule has 4 rings (SSSR count). The van der Waals surface area contributed by atoms with Crippen molar-refractivity contribution in [2.45, 2.75) is 53.0 Å². The average molecular weight is 419 g/mol. The molecule has 0 bridgehead atoms. The van der Waals surface area contributed by atoms with Crippen molar-refractivity contribution >= 4 is 28.8 Å². The molecule has 1 fully saturated rings. The van der Waals surface area contributed by atoms with Crippen molar-refractivity contribution in [3.05, 3.63) is 54.1 Å². The van der Waals surface area contributed by atoms with Gasteiger partial charge in [-0.25, -0.2) is 0 Å². The standard InChI is InChI=1S/C26H30N2O3/c1-5-13-31-19-10-8-9-18(14-19)25-24-21(15-26(3,4)16-23(24)30)27-20-11-6-7-12-22(20)28(25)17(2)29/h6-12,14,24-25H,5,13,15-16H2,1-4H3/t24-,25-/m1/s1. The third kappa shape index (κ3) is 4.14. The van der Waals surface area contributed by atoms with E-state index in [1.54, 1.807) is 11.8 Å². The van der Waals surface area contributed by atoms with Crippen LogP contribution in [0.5, 0.6) is 5.75 Å². The number of hydrogen-bond donors (Lipinski definition) is 0. The Balaban J connectivity index is 1.91. The minimum absolute atomic E-state index is 0.105. The summed E-state index contributed by atoms with van der Waals surface area (Å²) >= 11 is 0. The van der Waals surface area contributed by atoms with Gasteiger partial charge in [-0.2, -0.15) is 0 Å². The number of anilines is 1. The molecule has 1 heterocycles. The molecule has 0 aromatic heterocycles. The molecular weight excluding hydrogens is 388 g/mol. The number of rotatable bonds is 4. The first-order valence-corrected chi connectivity index (χ1v) is 11.0. The third-order valence-corrected chi connectivity index (χ3v) is 6.03. The third-order valence-electron chi connectivity index (χ3n) is 6.03. The van der Waals surface area contributed by atoms with E-state index in [-0.39, 0.29) is 17.1 Å². The van der Waals surface area contributed by atoms with E-state index in [4.69, 9.17) is 9.73 Å². The minimum Gasteiger partial charge on any atom is -0.494 e. The summed E-state index contributed by atoms with van der Waals surface area (Å²) in [6.07, 6.45) is 2.11. The van der Waals surface area contributed by atoms with Gasteiger partial charge in [0.2, 0.25) is 5.91 Å². The number of hydrogen-bond acceptors (Lipinski definition) is 4. The normalized spacial score (nSPS) is 22.1. The van der Waals surface area contributed by atoms with Crippen LogP contribution < -0.4 is 9.64 Å². The number of para-hydroxylation sites is 2. The SMILES string of the molecule is CCCOc1cccc([C@@H]2[C@H]3C(=O)CC(C)(C)CC3=Nc3ccccc3N2C(C)=O)c1. The lowest BCUT2D eigenvalue weighted by Crippen LogP contribution is -2.46. The number of nitrogens with zero attached hydrogens (tertiary/aromatic N) is 2. The summed E-state index contributed by atoms with van der Waals surface area (Å²) in [5.74, 6) is 0.318. The van der Waals surface area contributed by atoms with Gasteiger partial charge in [0, 0.05) is 19.1 Å². The summed E-state index contributed by atoms with van der Waals surface area (Å²) in [6.45, 7) is 8.46. The first-order chi connectivity index (χ1) is 14.8. The van der Waals surface area contributed by atoms with E-state index in [1.165, 1.54) is 0 Å². The Hall–Kier alpha value is -2.95. The van der Waals surface area contributed by atoms with Gasteiger partial charge in [0.15, 0.2) is 0 Å². The zero-order valence-corrected chi connectivity index (χ0v) is 18.7. The predicted octanol–water partition coefficient (Wildman–Crippen LogP) is 5.66. The van der Waals surface area contributed by atoms with E-state index in [9.17, 15) is 9.59 Å². The molecule has 0 spiro atoms. The first-order valence-electron chi connectivity index (χ1n) is 11.0. The van der Waals surface area contributed by atoms with E-state index < -0.39 is 12.0 Å². The fourth-order valence-corrected chi connectivity index (χ4v) is 4.83. The summed E-state index contributed by atoms with van der Waals surface area (Å²) in [6, 6.07) is 15.0. The van der Waals surface area contributed by atoms with Gasteiger partial charge >= 0.3 is 0 Å². The number of benzene rings is 2. The quantitative estimate of drug-likeness (QED) is 0.644. The maximum absolute atomic E-state index is 13.5. The largest absolute Gasteiger partial charge is 0.494 e. The molecule has 5 nitrogen and oxygen atoms in total. The van der Waals surface area contributed by atoms with Gasteiger partial charge in [0.25, 0.3) is 0 Å². The molecule has 0 N–H and O–H groups in total. The van der Waals surface area contributed by atoms with E-state index in [1.807, 2.05) is 48.5 Å². The van der Waals surface area contributed by atoms with Gasteiger partial charge < -0.3 is 9.64 Å². The van der Waals surface area contributed by atoms with Gasteiger partial charge in [-0.15, -0.1) is 0 Å². The van der Waals surface area contributed by atoms with E-state index in [0.717, 1.165) is 41.2 Å². The monoisotopic (exact) mass is 418 g/mol. The van der Waals surface area contributed by atoms with Crippen LogP contribution in [0, 0.1) is 11.3 Å². The Morgan fingerprint density at radius 3 is 2.68 bits per heavy atom. The van der Waals surface area contributed by atoms with E-state index in [2.05, 4.69) is 20.8 Å². The molecule has 1 aliphatic heterocycles. The second-order valence-electron chi connectivity index (χ2n) is 9.31. The fraction of sp³-hybridized carbons (Fsp3) is 0.423. The summed E-state index contributed by atoms with van der Waals surface area (Å²) in [4.78, 5) is 33.2. The highest BCUT2D eigenvalue weighted by atomic mass is 16.5. The van der Waals surface area contributed by atoms with Crippen LogP contribution in [0.4, 0.5) is 11.4 Å². The molecule has 0 saturated heterocycles. The fourth-order valence-electron chi connectivity index (χ4n) is 4.83. The van der Waals surface area contributed by atoms with Crippen LogP contribution in [0.15, 0.2) is 53.5 Å². The maximum atomic E-state index is 13.5. The summed E-state index contributed by atoms with van der Waals surface area (Å²) in [7, 11) is 0. The Morgan fingerprint density at radius 1 is 1.16 bits per heavy atom. The Bertz CT molecular complexity index is 1040. The van der Waals surface area contributed by atoms with Crippen LogP contribution in [0.1, 0.15) is 58.6 Å². The van der Waals surface area contributed by atoms with Gasteiger partial charge in [0.05, 0.1) is 29.9 Å². The number of ether oxygens (including phenoxy) is 1. The molecule has 2 atom stereocenters. The molecule has 1 aliphatic carbocycles. The molecule has 2 aliphatic rings. The number of fused-ring (bicyclic) bond motifs is 2. The zero-order valence-electron chi connectivity index (χ0n) is 18.7. The van der Waals surface area contributed by atoms with Crippen LogP contribution in [-0.2, 0) is 9.59 Å². The molecule has 0 unspecified atom stereocenters. The number of ketones is 1. The molecule has 162 valence electrons. The molecule has 0 radical (unpaired) electrons. The van der Waals surface area contributed by atoms with Crippen molar-refractivity contribution in [3.8, 4) is 5.75 Å². The molecular formula is C26H30N2O3. The van der Waals surface area contributed by atoms with Crippen LogP contribution in [-0.4, -0.2) is 24.0 Å². The van der Waals surface area contributed by atoms with Crippen molar-refractivity contribution in [2.75, 3.05) is 11.5 Å². The molecule has 2 aromatic carbocycles. The van der Waals surface area contributed by atoms with Crippen LogP contribution in [0.3, 0.4) is 0 Å². The highest BCUT2D eigenvalue weighted by molar-refractivity contribution is 6.12. The highest BCUT2D eigenvalue weighted by Crippen LogP contribution is 2.48. The lowest BCUT2D eigenvalue weighted by atomic mass is 9.68. The van der Waals surface area contributed by atoms with Crippen molar-refractivity contribution in [2.24, 2.45) is 16.3 Å². The first kappa shape index (κ1) is 21.3. The predicted molar refractivity (Wildman–Crippen MR) is 123 cm³/mol. The van der Waals surface area contributed by atoms with Gasteiger partial charge in [-0.3, -0.25) is 14.6 Å². The Kier molecular flexibility index (Phi) is 5.69. The average Bonchev–Trinajstić information content (AvgIpc) is 2.85. The molecule has 1 saturated carbocycles. The van der Waals surface area contributed by atoms with E-state index in [0.29, 0.717) is 13.0 Å². The van der Waals surface area contributed by atoms with Crippen molar-refractivity contribution in [1.82, 2.24) is 0 Å². The van der Waals surface area contributed by atoms with Crippen LogP contribution >= 0.6 is 0 Å². The second-order valence-corrected chi connectivity index (χ2v) is 9.31. The second kappa shape index (κ2) is 8.29. The van der Waals surface area contributed by atoms with Crippen molar-refractivity contribution in [1.29, 1.82) is 0 Å². The van der Waals surface area contributed by atoms with Crippen LogP contribution in [0.25, 0.3) is 0 Å². The van der Waals surface area contributed by atoms with E-state index >= 15 is 0 Å². The lowest BCUT2D eigenvalue weighted by Gasteiger charge is -2.40. The van der Waals surface area contributed by atoms with Crippen molar-refractivity contribution in [3.63, 3.8) is 0 Å². The topological polar surface area (TPSA) is 59.0 Å². The maximum Gasteiger partial charge on any atom is 0.224 e. The van der Waals surface area contributed by atoms with Crippen molar-refractivity contribution < 1.29 is 14.3 Å². The Morgan fingerprint density at radius 2 is 1.94 bits per heavy atom. The van der Waals surface area contributed by atoms with Gasteiger partial charge in [-0.1, -0.05) is 45.0 Å². The van der Waals surface area contributed by atoms with Gasteiger partial charge in [0.1, 0.15) is 11.5 Å².